The van der Waals surface area contributed by atoms with Crippen LogP contribution < -0.4 is 10.2 Å². The lowest BCUT2D eigenvalue weighted by molar-refractivity contribution is 0.852. The van der Waals surface area contributed by atoms with E-state index in [9.17, 15) is 0 Å². The van der Waals surface area contributed by atoms with Crippen LogP contribution >= 0.6 is 11.6 Å². The molecule has 2 aliphatic rings. The molecular weight excluding hydrogens is 186 g/mol. The lowest BCUT2D eigenvalue weighted by Gasteiger charge is -2.27. The Labute approximate surface area is 81.0 Å². The minimum Gasteiger partial charge on any atom is -0.360 e. The van der Waals surface area contributed by atoms with Crippen molar-refractivity contribution in [1.29, 1.82) is 0 Å². The van der Waals surface area contributed by atoms with Crippen LogP contribution in [0.1, 0.15) is 0 Å². The first-order chi connectivity index (χ1) is 6.33. The molecule has 0 saturated carbocycles. The highest BCUT2D eigenvalue weighted by Crippen LogP contribution is 2.33. The zero-order valence-corrected chi connectivity index (χ0v) is 7.62. The molecule has 0 aromatic carbocycles. The lowest BCUT2D eigenvalue weighted by Crippen LogP contribution is -2.32. The van der Waals surface area contributed by atoms with E-state index < -0.39 is 0 Å². The van der Waals surface area contributed by atoms with Gasteiger partial charge in [0.15, 0.2) is 5.82 Å². The maximum Gasteiger partial charge on any atom is 0.152 e. The van der Waals surface area contributed by atoms with Gasteiger partial charge in [0, 0.05) is 12.7 Å². The second-order valence-corrected chi connectivity index (χ2v) is 3.63. The summed E-state index contributed by atoms with van der Waals surface area (Å²) in [6.07, 6.45) is 4.22. The van der Waals surface area contributed by atoms with Crippen LogP contribution in [0.3, 0.4) is 0 Å². The van der Waals surface area contributed by atoms with Crippen LogP contribution in [-0.4, -0.2) is 17.6 Å². The molecule has 1 atom stereocenters. The number of hydrogen-bond donors (Lipinski definition) is 1. The average molecular weight is 194 g/mol. The number of nitrogens with zero attached hydrogens (tertiary/aromatic N) is 2. The van der Waals surface area contributed by atoms with E-state index in [4.69, 9.17) is 11.6 Å². The highest BCUT2D eigenvalue weighted by molar-refractivity contribution is 6.29. The molecule has 0 radical (unpaired) electrons. The second-order valence-electron chi connectivity index (χ2n) is 3.25. The smallest absolute Gasteiger partial charge is 0.152 e. The molecule has 1 N–H and O–H groups in total. The Bertz CT molecular complexity index is 388. The number of pyridine rings is 1. The van der Waals surface area contributed by atoms with Gasteiger partial charge in [0.1, 0.15) is 5.15 Å². The Morgan fingerprint density at radius 3 is 3.38 bits per heavy atom. The first-order valence-corrected chi connectivity index (χ1v) is 4.59. The molecule has 1 aromatic heterocycles. The Kier molecular flexibility index (Phi) is 1.32. The molecule has 0 spiro atoms. The number of hydrogen-bond acceptors (Lipinski definition) is 3. The molecule has 0 fully saturated rings. The quantitative estimate of drug-likeness (QED) is 0.638. The van der Waals surface area contributed by atoms with E-state index in [1.165, 1.54) is 0 Å². The first-order valence-electron chi connectivity index (χ1n) is 4.21. The SMILES string of the molecule is Clc1ccc2c(n1)N[C@H]1C=CN2C1. The molecule has 0 saturated heterocycles. The van der Waals surface area contributed by atoms with Gasteiger partial charge in [-0.3, -0.25) is 0 Å². The highest BCUT2D eigenvalue weighted by Gasteiger charge is 2.26. The van der Waals surface area contributed by atoms with Crippen molar-refractivity contribution in [2.75, 3.05) is 16.8 Å². The minimum absolute atomic E-state index is 0.387. The van der Waals surface area contributed by atoms with Gasteiger partial charge in [-0.2, -0.15) is 0 Å². The fraction of sp³-hybridized carbons (Fsp3) is 0.222. The Morgan fingerprint density at radius 1 is 1.54 bits per heavy atom. The molecule has 1 aromatic rings. The second kappa shape index (κ2) is 2.39. The van der Waals surface area contributed by atoms with Crippen molar-refractivity contribution in [1.82, 2.24) is 4.98 Å². The fourth-order valence-electron chi connectivity index (χ4n) is 1.76. The van der Waals surface area contributed by atoms with E-state index in [0.29, 0.717) is 11.2 Å². The lowest BCUT2D eigenvalue weighted by atomic mass is 10.2. The number of rotatable bonds is 0. The van der Waals surface area contributed by atoms with Crippen LogP contribution in [0.5, 0.6) is 0 Å². The third-order valence-electron chi connectivity index (χ3n) is 2.36. The fourth-order valence-corrected chi connectivity index (χ4v) is 1.90. The van der Waals surface area contributed by atoms with E-state index in [1.807, 2.05) is 12.1 Å². The zero-order valence-electron chi connectivity index (χ0n) is 6.87. The van der Waals surface area contributed by atoms with Gasteiger partial charge in [-0.25, -0.2) is 4.98 Å². The summed E-state index contributed by atoms with van der Waals surface area (Å²) >= 11 is 5.80. The maximum absolute atomic E-state index is 5.80. The minimum atomic E-state index is 0.387. The topological polar surface area (TPSA) is 28.2 Å². The molecule has 66 valence electrons. The average Bonchev–Trinajstić information content (AvgIpc) is 2.48. The van der Waals surface area contributed by atoms with Crippen LogP contribution in [0.15, 0.2) is 24.4 Å². The van der Waals surface area contributed by atoms with Gasteiger partial charge in [0.25, 0.3) is 0 Å². The summed E-state index contributed by atoms with van der Waals surface area (Å²) in [6.45, 7) is 0.996. The van der Waals surface area contributed by atoms with Crippen LogP contribution in [-0.2, 0) is 0 Å². The molecule has 2 aliphatic heterocycles. The largest absolute Gasteiger partial charge is 0.360 e. The Morgan fingerprint density at radius 2 is 2.46 bits per heavy atom. The summed E-state index contributed by atoms with van der Waals surface area (Å²) < 4.78 is 0. The van der Waals surface area contributed by atoms with Gasteiger partial charge in [0.05, 0.1) is 11.7 Å². The van der Waals surface area contributed by atoms with Crippen LogP contribution in [0.2, 0.25) is 5.15 Å². The number of nitrogens with one attached hydrogen (secondary N) is 1. The summed E-state index contributed by atoms with van der Waals surface area (Å²) in [7, 11) is 0. The Hall–Kier alpha value is -1.22. The Balaban J connectivity index is 2.15. The van der Waals surface area contributed by atoms with Gasteiger partial charge in [-0.15, -0.1) is 0 Å². The number of fused-ring (bicyclic) bond motifs is 4. The third kappa shape index (κ3) is 1.00. The zero-order chi connectivity index (χ0) is 8.84. The van der Waals surface area contributed by atoms with Crippen molar-refractivity contribution in [3.05, 3.63) is 29.6 Å². The van der Waals surface area contributed by atoms with Gasteiger partial charge >= 0.3 is 0 Å². The molecule has 3 nitrogen and oxygen atoms in total. The molecule has 13 heavy (non-hydrogen) atoms. The summed E-state index contributed by atoms with van der Waals surface area (Å²) in [5.74, 6) is 0.883. The number of halogens is 1. The van der Waals surface area contributed by atoms with E-state index in [0.717, 1.165) is 18.1 Å². The normalized spacial score (nSPS) is 22.8. The molecular formula is C9H8ClN3. The molecule has 0 aliphatic carbocycles. The standard InChI is InChI=1S/C9H8ClN3/c10-8-2-1-7-9(12-8)11-6-3-4-13(7)5-6/h1-4,6H,5H2,(H,11,12)/t6-/m0/s1. The highest BCUT2D eigenvalue weighted by atomic mass is 35.5. The predicted molar refractivity (Wildman–Crippen MR) is 53.1 cm³/mol. The monoisotopic (exact) mass is 193 g/mol. The van der Waals surface area contributed by atoms with Gasteiger partial charge in [0.2, 0.25) is 0 Å². The van der Waals surface area contributed by atoms with Gasteiger partial charge < -0.3 is 10.2 Å². The molecule has 2 bridgehead atoms. The van der Waals surface area contributed by atoms with Crippen molar-refractivity contribution >= 4 is 23.1 Å². The summed E-state index contributed by atoms with van der Waals surface area (Å²) in [6, 6.07) is 4.19. The van der Waals surface area contributed by atoms with E-state index >= 15 is 0 Å². The van der Waals surface area contributed by atoms with Crippen molar-refractivity contribution in [3.8, 4) is 0 Å². The molecule has 0 unspecified atom stereocenters. The van der Waals surface area contributed by atoms with Crippen molar-refractivity contribution in [2.45, 2.75) is 6.04 Å². The van der Waals surface area contributed by atoms with E-state index in [1.54, 1.807) is 0 Å². The first kappa shape index (κ1) is 7.21. The van der Waals surface area contributed by atoms with E-state index in [-0.39, 0.29) is 0 Å². The van der Waals surface area contributed by atoms with Crippen LogP contribution in [0.25, 0.3) is 0 Å². The summed E-state index contributed by atoms with van der Waals surface area (Å²) in [5, 5.41) is 3.84. The molecule has 0 amide bonds. The molecule has 3 rings (SSSR count). The number of anilines is 2. The number of aromatic nitrogens is 1. The van der Waals surface area contributed by atoms with Crippen molar-refractivity contribution < 1.29 is 0 Å². The van der Waals surface area contributed by atoms with Crippen molar-refractivity contribution in [2.24, 2.45) is 0 Å². The third-order valence-corrected chi connectivity index (χ3v) is 2.57. The van der Waals surface area contributed by atoms with Crippen LogP contribution in [0.4, 0.5) is 11.5 Å². The molecule has 4 heteroatoms. The van der Waals surface area contributed by atoms with Crippen LogP contribution in [0, 0.1) is 0 Å². The molecule has 3 heterocycles. The van der Waals surface area contributed by atoms with Gasteiger partial charge in [-0.05, 0) is 18.2 Å². The van der Waals surface area contributed by atoms with Gasteiger partial charge in [-0.1, -0.05) is 11.6 Å². The van der Waals surface area contributed by atoms with Crippen molar-refractivity contribution in [3.63, 3.8) is 0 Å². The summed E-state index contributed by atoms with van der Waals surface area (Å²) in [4.78, 5) is 6.41. The maximum atomic E-state index is 5.80. The van der Waals surface area contributed by atoms with E-state index in [2.05, 4.69) is 27.5 Å². The predicted octanol–water partition coefficient (Wildman–Crippen LogP) is 1.86. The summed E-state index contributed by atoms with van der Waals surface area (Å²) in [5.41, 5.74) is 1.11.